The number of carbonyl (C=O) groups is 1. The lowest BCUT2D eigenvalue weighted by molar-refractivity contribution is -0.122. The van der Waals surface area contributed by atoms with Crippen LogP contribution in [0.1, 0.15) is 19.3 Å². The smallest absolute Gasteiger partial charge is 0.266 e. The highest BCUT2D eigenvalue weighted by Gasteiger charge is 2.38. The molecule has 0 radical (unpaired) electrons. The summed E-state index contributed by atoms with van der Waals surface area (Å²) in [6.45, 7) is 1.30. The van der Waals surface area contributed by atoms with E-state index in [0.29, 0.717) is 30.9 Å². The Morgan fingerprint density at radius 1 is 1.25 bits per heavy atom. The van der Waals surface area contributed by atoms with Gasteiger partial charge in [-0.15, -0.1) is 11.3 Å². The zero-order valence-electron chi connectivity index (χ0n) is 17.9. The topological polar surface area (TPSA) is 90.2 Å². The summed E-state index contributed by atoms with van der Waals surface area (Å²) in [7, 11) is -0.506. The first-order valence-corrected chi connectivity index (χ1v) is 13.4. The highest BCUT2D eigenvalue weighted by molar-refractivity contribution is 7.91. The first kappa shape index (κ1) is 23.1. The van der Waals surface area contributed by atoms with Gasteiger partial charge in [-0.25, -0.2) is 8.42 Å². The molecule has 3 aromatic rings. The molecule has 4 rings (SSSR count). The van der Waals surface area contributed by atoms with Gasteiger partial charge >= 0.3 is 0 Å². The minimum atomic E-state index is -3.73. The van der Waals surface area contributed by atoms with Crippen LogP contribution in [0.15, 0.2) is 44.9 Å². The molecule has 172 valence electrons. The lowest BCUT2D eigenvalue weighted by Crippen LogP contribution is -2.47. The first-order chi connectivity index (χ1) is 15.5. The minimum Gasteiger partial charge on any atom is -0.497 e. The number of hydrogen-bond donors (Lipinski definition) is 0. The number of nitrogens with zero attached hydrogens (tertiary/aromatic N) is 3. The van der Waals surface area contributed by atoms with E-state index in [1.807, 2.05) is 22.8 Å². The Morgan fingerprint density at radius 3 is 2.81 bits per heavy atom. The summed E-state index contributed by atoms with van der Waals surface area (Å²) in [6, 6.07) is 8.17. The van der Waals surface area contributed by atoms with Gasteiger partial charge in [-0.1, -0.05) is 23.8 Å². The molecule has 1 amide bonds. The summed E-state index contributed by atoms with van der Waals surface area (Å²) in [5.74, 6) is 0.283. The summed E-state index contributed by atoms with van der Waals surface area (Å²) in [5.41, 5.74) is 0.922. The van der Waals surface area contributed by atoms with Crippen LogP contribution in [0.2, 0.25) is 0 Å². The van der Waals surface area contributed by atoms with Crippen molar-refractivity contribution in [1.82, 2.24) is 8.87 Å². The fraction of sp³-hybridized carbons (Fsp3) is 0.429. The fourth-order valence-corrected chi connectivity index (χ4v) is 7.66. The minimum absolute atomic E-state index is 0.251. The maximum absolute atomic E-state index is 13.3. The average molecular weight is 496 g/mol. The molecule has 2 aromatic heterocycles. The molecule has 0 saturated carbocycles. The van der Waals surface area contributed by atoms with Crippen LogP contribution in [0, 0.1) is 0 Å². The third-order valence-corrected chi connectivity index (χ3v) is 9.73. The molecule has 1 fully saturated rings. The molecule has 1 aromatic carbocycles. The summed E-state index contributed by atoms with van der Waals surface area (Å²) < 4.78 is 41.3. The van der Waals surface area contributed by atoms with Gasteiger partial charge in [-0.2, -0.15) is 9.30 Å². The maximum atomic E-state index is 13.3. The molecule has 1 unspecified atom stereocenters. The number of fused-ring (bicyclic) bond motifs is 1. The molecule has 1 aliphatic heterocycles. The molecule has 32 heavy (non-hydrogen) atoms. The number of methoxy groups -OCH3 is 2. The predicted molar refractivity (Wildman–Crippen MR) is 125 cm³/mol. The van der Waals surface area contributed by atoms with Crippen LogP contribution in [0.3, 0.4) is 0 Å². The van der Waals surface area contributed by atoms with Crippen LogP contribution >= 0.6 is 22.7 Å². The number of rotatable bonds is 7. The standard InChI is InChI=1S/C21H25N3O5S3/c1-28-12-11-23-16-9-8-15(29-2)14-18(16)31-21(23)22-20(25)17-6-3-4-10-24(17)32(26,27)19-7-5-13-30-19/h5,7-9,13-14,17H,3-4,6,10-12H2,1-2H3. The number of ether oxygens (including phenoxy) is 2. The zero-order chi connectivity index (χ0) is 22.7. The summed E-state index contributed by atoms with van der Waals surface area (Å²) in [5, 5.41) is 1.72. The van der Waals surface area contributed by atoms with Crippen molar-refractivity contribution in [2.24, 2.45) is 4.99 Å². The van der Waals surface area contributed by atoms with Gasteiger partial charge in [0.05, 0.1) is 23.9 Å². The molecule has 0 spiro atoms. The molecular weight excluding hydrogens is 470 g/mol. The van der Waals surface area contributed by atoms with Gasteiger partial charge in [0.1, 0.15) is 16.0 Å². The molecule has 1 saturated heterocycles. The number of hydrogen-bond acceptors (Lipinski definition) is 7. The molecule has 3 heterocycles. The van der Waals surface area contributed by atoms with E-state index in [2.05, 4.69) is 4.99 Å². The summed E-state index contributed by atoms with van der Waals surface area (Å²) in [6.07, 6.45) is 1.98. The average Bonchev–Trinajstić information content (AvgIpc) is 3.46. The van der Waals surface area contributed by atoms with Crippen molar-refractivity contribution in [1.29, 1.82) is 0 Å². The normalized spacial score (nSPS) is 18.3. The van der Waals surface area contributed by atoms with Gasteiger partial charge in [0.15, 0.2) is 4.80 Å². The largest absolute Gasteiger partial charge is 0.497 e. The lowest BCUT2D eigenvalue weighted by atomic mass is 10.0. The lowest BCUT2D eigenvalue weighted by Gasteiger charge is -2.31. The Bertz CT molecular complexity index is 1260. The number of thiazole rings is 1. The van der Waals surface area contributed by atoms with Crippen LogP contribution in [0.4, 0.5) is 0 Å². The van der Waals surface area contributed by atoms with Crippen molar-refractivity contribution < 1.29 is 22.7 Å². The van der Waals surface area contributed by atoms with E-state index in [1.54, 1.807) is 31.7 Å². The van der Waals surface area contributed by atoms with E-state index in [0.717, 1.165) is 40.1 Å². The molecule has 1 atom stereocenters. The van der Waals surface area contributed by atoms with E-state index in [4.69, 9.17) is 9.47 Å². The van der Waals surface area contributed by atoms with Gasteiger partial charge in [0.25, 0.3) is 15.9 Å². The van der Waals surface area contributed by atoms with Crippen LogP contribution in [0.5, 0.6) is 5.75 Å². The molecule has 1 aliphatic rings. The molecule has 0 bridgehead atoms. The van der Waals surface area contributed by atoms with Crippen molar-refractivity contribution in [2.75, 3.05) is 27.4 Å². The highest BCUT2D eigenvalue weighted by atomic mass is 32.2. The molecule has 11 heteroatoms. The number of sulfonamides is 1. The van der Waals surface area contributed by atoms with Crippen LogP contribution in [0.25, 0.3) is 10.2 Å². The second kappa shape index (κ2) is 9.84. The maximum Gasteiger partial charge on any atom is 0.266 e. The number of amides is 1. The van der Waals surface area contributed by atoms with Gasteiger partial charge in [0.2, 0.25) is 0 Å². The third kappa shape index (κ3) is 4.53. The molecule has 0 N–H and O–H groups in total. The van der Waals surface area contributed by atoms with Gasteiger partial charge in [-0.05, 0) is 42.5 Å². The Hall–Kier alpha value is -2.05. The van der Waals surface area contributed by atoms with E-state index in [-0.39, 0.29) is 4.21 Å². The molecule has 0 aliphatic carbocycles. The van der Waals surface area contributed by atoms with E-state index >= 15 is 0 Å². The first-order valence-electron chi connectivity index (χ1n) is 10.3. The quantitative estimate of drug-likeness (QED) is 0.502. The third-order valence-electron chi connectivity index (χ3n) is 5.41. The Labute approximate surface area is 194 Å². The van der Waals surface area contributed by atoms with Crippen LogP contribution < -0.4 is 9.54 Å². The fourth-order valence-electron chi connectivity index (χ4n) is 3.80. The monoisotopic (exact) mass is 495 g/mol. The molecular formula is C21H25N3O5S3. The summed E-state index contributed by atoms with van der Waals surface area (Å²) >= 11 is 2.54. The van der Waals surface area contributed by atoms with E-state index < -0.39 is 22.0 Å². The van der Waals surface area contributed by atoms with Crippen molar-refractivity contribution in [3.63, 3.8) is 0 Å². The van der Waals surface area contributed by atoms with Crippen LogP contribution in [-0.2, 0) is 26.1 Å². The zero-order valence-corrected chi connectivity index (χ0v) is 20.3. The van der Waals surface area contributed by atoms with Crippen LogP contribution in [-0.4, -0.2) is 56.6 Å². The summed E-state index contributed by atoms with van der Waals surface area (Å²) in [4.78, 5) is 18.2. The van der Waals surface area contributed by atoms with Gasteiger partial charge in [0, 0.05) is 20.2 Å². The Balaban J connectivity index is 1.74. The van der Waals surface area contributed by atoms with E-state index in [1.165, 1.54) is 15.6 Å². The molecule has 8 nitrogen and oxygen atoms in total. The van der Waals surface area contributed by atoms with Crippen molar-refractivity contribution in [3.8, 4) is 5.75 Å². The Kier molecular flexibility index (Phi) is 7.11. The van der Waals surface area contributed by atoms with Crippen molar-refractivity contribution in [2.45, 2.75) is 36.1 Å². The second-order valence-electron chi connectivity index (χ2n) is 7.37. The predicted octanol–water partition coefficient (Wildman–Crippen LogP) is 3.09. The SMILES string of the molecule is COCCn1c(=NC(=O)C2CCCCN2S(=O)(=O)c2cccs2)sc2cc(OC)ccc21. The Morgan fingerprint density at radius 2 is 2.09 bits per heavy atom. The second-order valence-corrected chi connectivity index (χ2v) is 11.4. The van der Waals surface area contributed by atoms with Gasteiger partial charge in [-0.3, -0.25) is 4.79 Å². The highest BCUT2D eigenvalue weighted by Crippen LogP contribution is 2.29. The number of piperidine rings is 1. The van der Waals surface area contributed by atoms with E-state index in [9.17, 15) is 13.2 Å². The number of thiophene rings is 1. The van der Waals surface area contributed by atoms with Crippen molar-refractivity contribution >= 4 is 48.8 Å². The number of benzene rings is 1. The van der Waals surface area contributed by atoms with Crippen molar-refractivity contribution in [3.05, 3.63) is 40.5 Å². The van der Waals surface area contributed by atoms with Gasteiger partial charge < -0.3 is 14.0 Å². The number of aromatic nitrogens is 1. The number of carbonyl (C=O) groups excluding carboxylic acids is 1.